The van der Waals surface area contributed by atoms with Crippen molar-refractivity contribution in [3.63, 3.8) is 0 Å². The van der Waals surface area contributed by atoms with Crippen LogP contribution in [0.25, 0.3) is 0 Å². The van der Waals surface area contributed by atoms with Crippen molar-refractivity contribution in [3.05, 3.63) is 57.5 Å². The van der Waals surface area contributed by atoms with Crippen molar-refractivity contribution in [2.24, 2.45) is 0 Å². The van der Waals surface area contributed by atoms with Crippen molar-refractivity contribution >= 4 is 45.9 Å². The third-order valence-electron chi connectivity index (χ3n) is 6.34. The molecule has 0 bridgehead atoms. The van der Waals surface area contributed by atoms with Crippen molar-refractivity contribution in [3.8, 4) is 0 Å². The summed E-state index contributed by atoms with van der Waals surface area (Å²) in [5.74, 6) is -1.29. The fourth-order valence-corrected chi connectivity index (χ4v) is 6.49. The number of benzene rings is 1. The predicted octanol–water partition coefficient (Wildman–Crippen LogP) is 4.99. The van der Waals surface area contributed by atoms with Gasteiger partial charge in [-0.25, -0.2) is 9.18 Å². The number of carbonyl (C=O) groups excluding carboxylic acids is 3. The maximum atomic E-state index is 14.0. The average molecular weight is 574 g/mol. The number of esters is 1. The molecule has 1 aromatic carbocycles. The Bertz CT molecular complexity index is 1360. The SMILES string of the molecule is CCCCn1c(CNC(=O)c2ccccc2F)nnc1S[C@@H](C)C(=O)Nc1sc2c(c1C(=O)OCC)CCC2. The van der Waals surface area contributed by atoms with Gasteiger partial charge in [-0.2, -0.15) is 0 Å². The highest BCUT2D eigenvalue weighted by Crippen LogP contribution is 2.40. The molecular formula is C27H32FN5O4S2. The van der Waals surface area contributed by atoms with Crippen LogP contribution in [0.1, 0.15) is 77.0 Å². The van der Waals surface area contributed by atoms with Crippen LogP contribution in [-0.2, 0) is 35.5 Å². The number of rotatable bonds is 12. The van der Waals surface area contributed by atoms with Gasteiger partial charge in [0, 0.05) is 11.4 Å². The first-order valence-corrected chi connectivity index (χ1v) is 14.8. The highest BCUT2D eigenvalue weighted by Gasteiger charge is 2.30. The van der Waals surface area contributed by atoms with Gasteiger partial charge in [-0.15, -0.1) is 21.5 Å². The molecular weight excluding hydrogens is 541 g/mol. The molecule has 12 heteroatoms. The number of fused-ring (bicyclic) bond motifs is 1. The van der Waals surface area contributed by atoms with Gasteiger partial charge in [0.1, 0.15) is 10.8 Å². The highest BCUT2D eigenvalue weighted by atomic mass is 32.2. The summed E-state index contributed by atoms with van der Waals surface area (Å²) in [4.78, 5) is 39.4. The molecule has 0 fully saturated rings. The molecule has 208 valence electrons. The first kappa shape index (κ1) is 28.8. The molecule has 2 heterocycles. The quantitative estimate of drug-likeness (QED) is 0.232. The van der Waals surface area contributed by atoms with Crippen molar-refractivity contribution in [2.75, 3.05) is 11.9 Å². The Morgan fingerprint density at radius 2 is 2.00 bits per heavy atom. The van der Waals surface area contributed by atoms with E-state index in [0.717, 1.165) is 42.5 Å². The van der Waals surface area contributed by atoms with Crippen molar-refractivity contribution in [1.29, 1.82) is 0 Å². The van der Waals surface area contributed by atoms with Crippen LogP contribution in [-0.4, -0.2) is 44.4 Å². The third kappa shape index (κ3) is 6.67. The number of halogens is 1. The topological polar surface area (TPSA) is 115 Å². The highest BCUT2D eigenvalue weighted by molar-refractivity contribution is 8.00. The Morgan fingerprint density at radius 3 is 2.74 bits per heavy atom. The minimum Gasteiger partial charge on any atom is -0.462 e. The Kier molecular flexibility index (Phi) is 9.73. The van der Waals surface area contributed by atoms with Crippen LogP contribution in [0.5, 0.6) is 0 Å². The van der Waals surface area contributed by atoms with Gasteiger partial charge < -0.3 is 19.9 Å². The normalized spacial score (nSPS) is 13.1. The molecule has 1 atom stereocenters. The molecule has 0 spiro atoms. The van der Waals surface area contributed by atoms with E-state index in [1.807, 2.05) is 4.57 Å². The number of nitrogens with zero attached hydrogens (tertiary/aromatic N) is 3. The molecule has 2 aromatic heterocycles. The Hall–Kier alpha value is -3.25. The van der Waals surface area contributed by atoms with E-state index < -0.39 is 22.9 Å². The molecule has 0 saturated carbocycles. The molecule has 1 aliphatic carbocycles. The second-order valence-electron chi connectivity index (χ2n) is 9.10. The first-order valence-electron chi connectivity index (χ1n) is 13.1. The summed E-state index contributed by atoms with van der Waals surface area (Å²) in [6.07, 6.45) is 4.47. The molecule has 0 unspecified atom stereocenters. The summed E-state index contributed by atoms with van der Waals surface area (Å²) >= 11 is 2.69. The summed E-state index contributed by atoms with van der Waals surface area (Å²) in [5.41, 5.74) is 1.41. The number of hydrogen-bond acceptors (Lipinski definition) is 8. The molecule has 2 N–H and O–H groups in total. The molecule has 0 aliphatic heterocycles. The summed E-state index contributed by atoms with van der Waals surface area (Å²) in [5, 5.41) is 14.7. The molecule has 0 saturated heterocycles. The van der Waals surface area contributed by atoms with E-state index in [-0.39, 0.29) is 24.6 Å². The molecule has 1 aliphatic rings. The monoisotopic (exact) mass is 573 g/mol. The standard InChI is InChI=1S/C27H32FN5O4S2/c1-4-6-14-33-21(15-29-24(35)17-10-7-8-12-19(17)28)31-32-27(33)38-16(3)23(34)30-25-22(26(36)37-5-2)18-11-9-13-20(18)39-25/h7-8,10,12,16H,4-6,9,11,13-15H2,1-3H3,(H,29,35)(H,30,34)/t16-/m0/s1. The number of hydrogen-bond donors (Lipinski definition) is 2. The maximum Gasteiger partial charge on any atom is 0.341 e. The van der Waals surface area contributed by atoms with Crippen molar-refractivity contribution < 1.29 is 23.5 Å². The van der Waals surface area contributed by atoms with Crippen LogP contribution in [0, 0.1) is 5.82 Å². The van der Waals surface area contributed by atoms with Gasteiger partial charge in [-0.3, -0.25) is 9.59 Å². The lowest BCUT2D eigenvalue weighted by Gasteiger charge is -2.14. The summed E-state index contributed by atoms with van der Waals surface area (Å²) in [7, 11) is 0. The van der Waals surface area contributed by atoms with Crippen molar-refractivity contribution in [1.82, 2.24) is 20.1 Å². The van der Waals surface area contributed by atoms with Crippen molar-refractivity contribution in [2.45, 2.75) is 76.4 Å². The van der Waals surface area contributed by atoms with E-state index in [1.54, 1.807) is 19.9 Å². The summed E-state index contributed by atoms with van der Waals surface area (Å²) < 4.78 is 21.1. The van der Waals surface area contributed by atoms with Gasteiger partial charge >= 0.3 is 5.97 Å². The van der Waals surface area contributed by atoms with E-state index in [1.165, 1.54) is 41.3 Å². The second kappa shape index (κ2) is 13.2. The van der Waals surface area contributed by atoms with E-state index in [2.05, 4.69) is 27.8 Å². The van der Waals surface area contributed by atoms with Crippen LogP contribution in [0.2, 0.25) is 0 Å². The van der Waals surface area contributed by atoms with Gasteiger partial charge in [0.05, 0.1) is 29.5 Å². The molecule has 39 heavy (non-hydrogen) atoms. The largest absolute Gasteiger partial charge is 0.462 e. The second-order valence-corrected chi connectivity index (χ2v) is 11.5. The lowest BCUT2D eigenvalue weighted by atomic mass is 10.1. The number of nitrogens with one attached hydrogen (secondary N) is 2. The van der Waals surface area contributed by atoms with Gasteiger partial charge in [0.2, 0.25) is 5.91 Å². The van der Waals surface area contributed by atoms with E-state index in [9.17, 15) is 18.8 Å². The van der Waals surface area contributed by atoms with Crippen LogP contribution in [0.3, 0.4) is 0 Å². The number of amides is 2. The Balaban J connectivity index is 1.46. The number of aromatic nitrogens is 3. The van der Waals surface area contributed by atoms with Crippen LogP contribution >= 0.6 is 23.1 Å². The molecule has 2 amide bonds. The van der Waals surface area contributed by atoms with Gasteiger partial charge in [0.25, 0.3) is 5.91 Å². The zero-order valence-corrected chi connectivity index (χ0v) is 23.8. The van der Waals surface area contributed by atoms with Gasteiger partial charge in [0.15, 0.2) is 11.0 Å². The number of anilines is 1. The number of carbonyl (C=O) groups is 3. The number of thioether (sulfide) groups is 1. The lowest BCUT2D eigenvalue weighted by Crippen LogP contribution is -2.26. The number of unbranched alkanes of at least 4 members (excludes halogenated alkanes) is 1. The predicted molar refractivity (Wildman–Crippen MR) is 149 cm³/mol. The minimum atomic E-state index is -0.597. The number of aryl methyl sites for hydroxylation is 1. The minimum absolute atomic E-state index is 0.0428. The lowest BCUT2D eigenvalue weighted by molar-refractivity contribution is -0.115. The Morgan fingerprint density at radius 1 is 1.21 bits per heavy atom. The zero-order chi connectivity index (χ0) is 27.9. The average Bonchev–Trinajstić information content (AvgIpc) is 3.61. The zero-order valence-electron chi connectivity index (χ0n) is 22.2. The van der Waals surface area contributed by atoms with E-state index in [0.29, 0.717) is 28.1 Å². The molecule has 0 radical (unpaired) electrons. The van der Waals surface area contributed by atoms with Crippen LogP contribution in [0.15, 0.2) is 29.4 Å². The Labute approximate surface area is 234 Å². The molecule has 4 rings (SSSR count). The van der Waals surface area contributed by atoms with Gasteiger partial charge in [-0.1, -0.05) is 37.2 Å². The van der Waals surface area contributed by atoms with Crippen LogP contribution in [0.4, 0.5) is 9.39 Å². The smallest absolute Gasteiger partial charge is 0.341 e. The number of thiophene rings is 1. The van der Waals surface area contributed by atoms with Crippen LogP contribution < -0.4 is 10.6 Å². The molecule has 3 aromatic rings. The maximum absolute atomic E-state index is 14.0. The number of ether oxygens (including phenoxy) is 1. The van der Waals surface area contributed by atoms with E-state index in [4.69, 9.17) is 4.74 Å². The first-order chi connectivity index (χ1) is 18.8. The van der Waals surface area contributed by atoms with Gasteiger partial charge in [-0.05, 0) is 57.2 Å². The molecule has 9 nitrogen and oxygen atoms in total. The summed E-state index contributed by atoms with van der Waals surface area (Å²) in [6.45, 7) is 6.52. The third-order valence-corrected chi connectivity index (χ3v) is 8.63. The fraction of sp³-hybridized carbons (Fsp3) is 0.444. The fourth-order valence-electron chi connectivity index (χ4n) is 4.31. The summed E-state index contributed by atoms with van der Waals surface area (Å²) in [6, 6.07) is 5.78. The van der Waals surface area contributed by atoms with E-state index >= 15 is 0 Å².